The minimum atomic E-state index is -4.04. The molecule has 36 heavy (non-hydrogen) atoms. The van der Waals surface area contributed by atoms with Crippen molar-refractivity contribution in [2.24, 2.45) is 0 Å². The molecule has 0 radical (unpaired) electrons. The maximum atomic E-state index is 13.4. The predicted molar refractivity (Wildman–Crippen MR) is 139 cm³/mol. The summed E-state index contributed by atoms with van der Waals surface area (Å²) in [7, 11) is -2.57. The number of hydrogen-bond acceptors (Lipinski definition) is 5. The average molecular weight is 525 g/mol. The molecule has 1 heterocycles. The Morgan fingerprint density at radius 3 is 2.42 bits per heavy atom. The van der Waals surface area contributed by atoms with Gasteiger partial charge in [0.1, 0.15) is 18.1 Å². The van der Waals surface area contributed by atoms with Gasteiger partial charge in [-0.2, -0.15) is 0 Å². The lowest BCUT2D eigenvalue weighted by atomic mass is 10.2. The van der Waals surface area contributed by atoms with E-state index < -0.39 is 22.5 Å². The Bertz CT molecular complexity index is 1460. The zero-order valence-corrected chi connectivity index (χ0v) is 21.3. The van der Waals surface area contributed by atoms with Gasteiger partial charge in [-0.05, 0) is 55.0 Å². The van der Waals surface area contributed by atoms with Crippen LogP contribution < -0.4 is 14.4 Å². The van der Waals surface area contributed by atoms with Crippen molar-refractivity contribution in [2.45, 2.75) is 18.4 Å². The topological polar surface area (TPSA) is 93.5 Å². The molecular formula is C26H25ClN4O4S. The number of nitrogens with one attached hydrogen (secondary N) is 1. The van der Waals surface area contributed by atoms with Gasteiger partial charge in [0.25, 0.3) is 10.0 Å². The fraction of sp³-hybridized carbons (Fsp3) is 0.154. The molecule has 0 aliphatic rings. The molecule has 8 nitrogen and oxygen atoms in total. The highest BCUT2D eigenvalue weighted by molar-refractivity contribution is 7.92. The van der Waals surface area contributed by atoms with Gasteiger partial charge in [-0.1, -0.05) is 41.9 Å². The van der Waals surface area contributed by atoms with Crippen molar-refractivity contribution in [2.75, 3.05) is 18.0 Å². The number of carbonyl (C=O) groups is 1. The molecule has 0 atom stereocenters. The minimum Gasteiger partial charge on any atom is -0.495 e. The van der Waals surface area contributed by atoms with E-state index in [4.69, 9.17) is 16.3 Å². The first-order valence-electron chi connectivity index (χ1n) is 11.1. The fourth-order valence-electron chi connectivity index (χ4n) is 3.66. The molecule has 10 heteroatoms. The first-order valence-corrected chi connectivity index (χ1v) is 12.9. The summed E-state index contributed by atoms with van der Waals surface area (Å²) in [5.74, 6) is 0.807. The smallest absolute Gasteiger partial charge is 0.264 e. The number of aromatic nitrogens is 2. The molecule has 4 aromatic rings. The van der Waals surface area contributed by atoms with Crippen molar-refractivity contribution in [3.05, 3.63) is 102 Å². The summed E-state index contributed by atoms with van der Waals surface area (Å²) in [6.07, 6.45) is 3.61. The third kappa shape index (κ3) is 5.53. The van der Waals surface area contributed by atoms with Crippen LogP contribution in [-0.4, -0.2) is 37.5 Å². The number of sulfonamides is 1. The van der Waals surface area contributed by atoms with Crippen LogP contribution in [0.1, 0.15) is 11.4 Å². The summed E-state index contributed by atoms with van der Waals surface area (Å²) in [6, 6.07) is 20.2. The predicted octanol–water partition coefficient (Wildman–Crippen LogP) is 4.35. The molecule has 0 bridgehead atoms. The van der Waals surface area contributed by atoms with E-state index in [9.17, 15) is 13.2 Å². The number of rotatable bonds is 9. The van der Waals surface area contributed by atoms with Crippen molar-refractivity contribution < 1.29 is 17.9 Å². The van der Waals surface area contributed by atoms with Crippen LogP contribution in [0.5, 0.6) is 5.75 Å². The number of methoxy groups -OCH3 is 1. The van der Waals surface area contributed by atoms with E-state index in [1.54, 1.807) is 36.5 Å². The van der Waals surface area contributed by atoms with Gasteiger partial charge in [-0.15, -0.1) is 0 Å². The van der Waals surface area contributed by atoms with Crippen molar-refractivity contribution in [3.63, 3.8) is 0 Å². The van der Waals surface area contributed by atoms with Gasteiger partial charge in [0.2, 0.25) is 5.91 Å². The molecule has 4 rings (SSSR count). The van der Waals surface area contributed by atoms with Crippen molar-refractivity contribution in [1.29, 1.82) is 0 Å². The minimum absolute atomic E-state index is 0.0649. The lowest BCUT2D eigenvalue weighted by Gasteiger charge is -2.24. The van der Waals surface area contributed by atoms with Crippen LogP contribution in [0.4, 0.5) is 5.69 Å². The van der Waals surface area contributed by atoms with E-state index in [-0.39, 0.29) is 22.2 Å². The maximum absolute atomic E-state index is 13.4. The van der Waals surface area contributed by atoms with Gasteiger partial charge < -0.3 is 14.6 Å². The van der Waals surface area contributed by atoms with Gasteiger partial charge in [-0.3, -0.25) is 9.10 Å². The van der Waals surface area contributed by atoms with Crippen molar-refractivity contribution >= 4 is 33.2 Å². The molecule has 0 aliphatic heterocycles. The summed E-state index contributed by atoms with van der Waals surface area (Å²) < 4.78 is 35.1. The Morgan fingerprint density at radius 1 is 1.08 bits per heavy atom. The van der Waals surface area contributed by atoms with Crippen molar-refractivity contribution in [3.8, 4) is 11.4 Å². The molecule has 1 aromatic heterocycles. The van der Waals surface area contributed by atoms with Crippen molar-refractivity contribution in [1.82, 2.24) is 14.9 Å². The summed E-state index contributed by atoms with van der Waals surface area (Å²) in [5.41, 5.74) is 2.08. The first-order chi connectivity index (χ1) is 17.3. The second-order valence-corrected chi connectivity index (χ2v) is 10.2. The number of hydrogen-bond donors (Lipinski definition) is 1. The highest BCUT2D eigenvalue weighted by Gasteiger charge is 2.27. The van der Waals surface area contributed by atoms with Crippen LogP contribution in [0.3, 0.4) is 0 Å². The molecule has 1 N–H and O–H groups in total. The van der Waals surface area contributed by atoms with E-state index in [2.05, 4.69) is 10.3 Å². The van der Waals surface area contributed by atoms with Crippen LogP contribution in [-0.2, 0) is 21.4 Å². The molecule has 0 saturated heterocycles. The number of aryl methyl sites for hydroxylation is 1. The standard InChI is InChI=1S/C26H25ClN4O4S/c1-19-28-14-15-30(19)21-10-8-20(9-11-21)17-29-26(32)18-31(22-12-13-25(35-2)24(27)16-22)36(33,34)23-6-4-3-5-7-23/h3-16H,17-18H2,1-2H3,(H,29,32). The lowest BCUT2D eigenvalue weighted by Crippen LogP contribution is -2.40. The fourth-order valence-corrected chi connectivity index (χ4v) is 5.34. The van der Waals surface area contributed by atoms with Gasteiger partial charge in [0.15, 0.2) is 0 Å². The number of halogens is 1. The SMILES string of the molecule is COc1ccc(N(CC(=O)NCc2ccc(-n3ccnc3C)cc2)S(=O)(=O)c2ccccc2)cc1Cl. The van der Waals surface area contributed by atoms with Crippen LogP contribution in [0.2, 0.25) is 5.02 Å². The van der Waals surface area contributed by atoms with Gasteiger partial charge in [-0.25, -0.2) is 13.4 Å². The van der Waals surface area contributed by atoms with Gasteiger partial charge in [0.05, 0.1) is 22.7 Å². The van der Waals surface area contributed by atoms with E-state index in [0.717, 1.165) is 21.4 Å². The largest absolute Gasteiger partial charge is 0.495 e. The van der Waals surface area contributed by atoms with Gasteiger partial charge >= 0.3 is 0 Å². The quantitative estimate of drug-likeness (QED) is 0.351. The maximum Gasteiger partial charge on any atom is 0.264 e. The van der Waals surface area contributed by atoms with Crippen LogP contribution in [0.25, 0.3) is 5.69 Å². The van der Waals surface area contributed by atoms with Crippen LogP contribution in [0, 0.1) is 6.92 Å². The van der Waals surface area contributed by atoms with E-state index in [0.29, 0.717) is 5.75 Å². The zero-order valence-electron chi connectivity index (χ0n) is 19.8. The number of imidazole rings is 1. The molecule has 0 unspecified atom stereocenters. The Morgan fingerprint density at radius 2 is 1.81 bits per heavy atom. The van der Waals surface area contributed by atoms with E-state index in [1.807, 2.05) is 42.0 Å². The summed E-state index contributed by atoms with van der Waals surface area (Å²) in [5, 5.41) is 3.04. The molecule has 0 fully saturated rings. The second kappa shape index (κ2) is 10.8. The molecule has 0 spiro atoms. The molecule has 186 valence electrons. The number of amides is 1. The van der Waals surface area contributed by atoms with E-state index in [1.165, 1.54) is 25.3 Å². The normalized spacial score (nSPS) is 11.2. The summed E-state index contributed by atoms with van der Waals surface area (Å²) >= 11 is 6.25. The highest BCUT2D eigenvalue weighted by atomic mass is 35.5. The lowest BCUT2D eigenvalue weighted by molar-refractivity contribution is -0.119. The summed E-state index contributed by atoms with van der Waals surface area (Å²) in [4.78, 5) is 17.2. The average Bonchev–Trinajstić information content (AvgIpc) is 3.32. The molecular weight excluding hydrogens is 500 g/mol. The number of benzene rings is 3. The third-order valence-corrected chi connectivity index (χ3v) is 7.66. The third-order valence-electron chi connectivity index (χ3n) is 5.57. The second-order valence-electron chi connectivity index (χ2n) is 7.93. The summed E-state index contributed by atoms with van der Waals surface area (Å²) in [6.45, 7) is 1.73. The highest BCUT2D eigenvalue weighted by Crippen LogP contribution is 2.31. The number of nitrogens with zero attached hydrogens (tertiary/aromatic N) is 3. The molecule has 0 aliphatic carbocycles. The first kappa shape index (κ1) is 25.3. The number of ether oxygens (including phenoxy) is 1. The van der Waals surface area contributed by atoms with Crippen LogP contribution in [0.15, 0.2) is 90.1 Å². The van der Waals surface area contributed by atoms with Crippen LogP contribution >= 0.6 is 11.6 Å². The number of carbonyl (C=O) groups excluding carboxylic acids is 1. The zero-order chi connectivity index (χ0) is 25.7. The van der Waals surface area contributed by atoms with E-state index >= 15 is 0 Å². The molecule has 1 amide bonds. The monoisotopic (exact) mass is 524 g/mol. The Labute approximate surface area is 215 Å². The number of anilines is 1. The Balaban J connectivity index is 1.52. The Hall–Kier alpha value is -3.82. The molecule has 3 aromatic carbocycles. The van der Waals surface area contributed by atoms with Gasteiger partial charge in [0, 0.05) is 24.6 Å². The Kier molecular flexibility index (Phi) is 7.61. The molecule has 0 saturated carbocycles.